The van der Waals surface area contributed by atoms with Crippen LogP contribution < -0.4 is 4.74 Å². The van der Waals surface area contributed by atoms with Crippen LogP contribution in [0.4, 0.5) is 0 Å². The van der Waals surface area contributed by atoms with Crippen LogP contribution in [-0.2, 0) is 0 Å². The first-order valence-electron chi connectivity index (χ1n) is 5.51. The summed E-state index contributed by atoms with van der Waals surface area (Å²) in [5.74, 6) is 0.866. The molecule has 0 spiro atoms. The number of aromatic amines is 1. The van der Waals surface area contributed by atoms with Gasteiger partial charge in [-0.2, -0.15) is 0 Å². The maximum absolute atomic E-state index is 5.58. The van der Waals surface area contributed by atoms with Gasteiger partial charge in [-0.25, -0.2) is 0 Å². The smallest absolute Gasteiger partial charge is 0.178 e. The first-order chi connectivity index (χ1) is 7.65. The van der Waals surface area contributed by atoms with Gasteiger partial charge in [0, 0.05) is 6.04 Å². The first-order valence-corrected chi connectivity index (χ1v) is 5.92. The van der Waals surface area contributed by atoms with Crippen molar-refractivity contribution in [2.75, 3.05) is 6.61 Å². The quantitative estimate of drug-likeness (QED) is 0.824. The van der Waals surface area contributed by atoms with Crippen LogP contribution in [0.1, 0.15) is 26.8 Å². The Bertz CT molecular complexity index is 554. The third kappa shape index (κ3) is 1.73. The highest BCUT2D eigenvalue weighted by atomic mass is 32.1. The highest BCUT2D eigenvalue weighted by molar-refractivity contribution is 7.71. The van der Waals surface area contributed by atoms with Crippen LogP contribution in [0.25, 0.3) is 11.0 Å². The second-order valence-electron chi connectivity index (χ2n) is 3.98. The zero-order valence-electron chi connectivity index (χ0n) is 9.78. The molecule has 0 aliphatic heterocycles. The van der Waals surface area contributed by atoms with E-state index >= 15 is 0 Å². The van der Waals surface area contributed by atoms with Gasteiger partial charge in [0.1, 0.15) is 11.3 Å². The molecule has 0 aliphatic rings. The molecule has 1 N–H and O–H groups in total. The van der Waals surface area contributed by atoms with Gasteiger partial charge in [-0.1, -0.05) is 6.07 Å². The predicted molar refractivity (Wildman–Crippen MR) is 68.7 cm³/mol. The molecule has 1 heterocycles. The number of nitrogens with one attached hydrogen (secondary N) is 1. The van der Waals surface area contributed by atoms with Crippen LogP contribution in [0.15, 0.2) is 18.2 Å². The van der Waals surface area contributed by atoms with Crippen molar-refractivity contribution in [3.63, 3.8) is 0 Å². The Kier molecular flexibility index (Phi) is 3.01. The molecule has 2 aromatic rings. The molecule has 4 heteroatoms. The molecule has 0 aliphatic carbocycles. The van der Waals surface area contributed by atoms with Crippen molar-refractivity contribution in [2.24, 2.45) is 0 Å². The van der Waals surface area contributed by atoms with Crippen molar-refractivity contribution in [3.05, 3.63) is 23.0 Å². The highest BCUT2D eigenvalue weighted by Gasteiger charge is 2.10. The summed E-state index contributed by atoms with van der Waals surface area (Å²) in [6.45, 7) is 6.88. The van der Waals surface area contributed by atoms with Gasteiger partial charge in [0.25, 0.3) is 0 Å². The van der Waals surface area contributed by atoms with Gasteiger partial charge in [-0.05, 0) is 45.1 Å². The summed E-state index contributed by atoms with van der Waals surface area (Å²) in [4.78, 5) is 3.21. The molecule has 0 unspecified atom stereocenters. The van der Waals surface area contributed by atoms with E-state index in [1.165, 1.54) is 0 Å². The molecule has 0 saturated carbocycles. The summed E-state index contributed by atoms with van der Waals surface area (Å²) in [7, 11) is 0. The second-order valence-corrected chi connectivity index (χ2v) is 4.36. The van der Waals surface area contributed by atoms with E-state index in [2.05, 4.69) is 29.5 Å². The van der Waals surface area contributed by atoms with Crippen LogP contribution in [-0.4, -0.2) is 16.2 Å². The number of imidazole rings is 1. The Morgan fingerprint density at radius 1 is 1.44 bits per heavy atom. The van der Waals surface area contributed by atoms with Gasteiger partial charge >= 0.3 is 0 Å². The Morgan fingerprint density at radius 3 is 2.81 bits per heavy atom. The Labute approximate surface area is 100 Å². The van der Waals surface area contributed by atoms with E-state index in [-0.39, 0.29) is 0 Å². The number of ether oxygens (including phenoxy) is 1. The minimum atomic E-state index is 0.345. The molecular weight excluding hydrogens is 220 g/mol. The van der Waals surface area contributed by atoms with Crippen molar-refractivity contribution < 1.29 is 4.74 Å². The molecule has 0 bridgehead atoms. The van der Waals surface area contributed by atoms with Crippen molar-refractivity contribution in [1.29, 1.82) is 0 Å². The lowest BCUT2D eigenvalue weighted by Crippen LogP contribution is -2.00. The molecule has 1 aromatic carbocycles. The van der Waals surface area contributed by atoms with E-state index in [1.54, 1.807) is 0 Å². The van der Waals surface area contributed by atoms with E-state index < -0.39 is 0 Å². The maximum atomic E-state index is 5.58. The zero-order valence-corrected chi connectivity index (χ0v) is 10.6. The van der Waals surface area contributed by atoms with Crippen LogP contribution >= 0.6 is 12.2 Å². The molecule has 0 amide bonds. The van der Waals surface area contributed by atoms with E-state index in [9.17, 15) is 0 Å². The van der Waals surface area contributed by atoms with E-state index in [1.807, 2.05) is 19.1 Å². The molecular formula is C12H16N2OS. The summed E-state index contributed by atoms with van der Waals surface area (Å²) in [6, 6.07) is 6.36. The molecule has 0 fully saturated rings. The van der Waals surface area contributed by atoms with Crippen molar-refractivity contribution >= 4 is 23.3 Å². The molecule has 3 nitrogen and oxygen atoms in total. The minimum absolute atomic E-state index is 0.345. The van der Waals surface area contributed by atoms with Gasteiger partial charge in [0.2, 0.25) is 0 Å². The normalized spacial score (nSPS) is 11.2. The molecule has 0 radical (unpaired) electrons. The Hall–Kier alpha value is -1.29. The molecule has 1 aromatic heterocycles. The number of hydrogen-bond donors (Lipinski definition) is 1. The summed E-state index contributed by atoms with van der Waals surface area (Å²) in [6.07, 6.45) is 0. The standard InChI is InChI=1S/C12H16N2OS/c1-4-15-10-7-5-6-9-11(10)13-12(16)14(9)8(2)3/h5-8H,4H2,1-3H3,(H,13,16). The van der Waals surface area contributed by atoms with E-state index in [4.69, 9.17) is 17.0 Å². The maximum Gasteiger partial charge on any atom is 0.178 e. The van der Waals surface area contributed by atoms with E-state index in [0.717, 1.165) is 21.6 Å². The predicted octanol–water partition coefficient (Wildman–Crippen LogP) is 3.68. The Morgan fingerprint density at radius 2 is 2.19 bits per heavy atom. The van der Waals surface area contributed by atoms with Crippen molar-refractivity contribution in [3.8, 4) is 5.75 Å². The van der Waals surface area contributed by atoms with Gasteiger partial charge in [-0.3, -0.25) is 0 Å². The summed E-state index contributed by atoms with van der Waals surface area (Å²) >= 11 is 5.32. The monoisotopic (exact) mass is 236 g/mol. The third-order valence-electron chi connectivity index (χ3n) is 2.53. The fourth-order valence-electron chi connectivity index (χ4n) is 1.91. The highest BCUT2D eigenvalue weighted by Crippen LogP contribution is 2.26. The van der Waals surface area contributed by atoms with Crippen molar-refractivity contribution in [2.45, 2.75) is 26.8 Å². The van der Waals surface area contributed by atoms with Crippen LogP contribution in [0.5, 0.6) is 5.75 Å². The number of benzene rings is 1. The lowest BCUT2D eigenvalue weighted by molar-refractivity contribution is 0.343. The summed E-state index contributed by atoms with van der Waals surface area (Å²) in [5.41, 5.74) is 2.09. The average molecular weight is 236 g/mol. The lowest BCUT2D eigenvalue weighted by atomic mass is 10.2. The molecule has 16 heavy (non-hydrogen) atoms. The SMILES string of the molecule is CCOc1cccc2c1[nH]c(=S)n2C(C)C. The number of rotatable bonds is 3. The first kappa shape index (κ1) is 11.2. The van der Waals surface area contributed by atoms with E-state index in [0.29, 0.717) is 12.6 Å². The topological polar surface area (TPSA) is 29.9 Å². The van der Waals surface area contributed by atoms with Crippen molar-refractivity contribution in [1.82, 2.24) is 9.55 Å². The van der Waals surface area contributed by atoms with Crippen LogP contribution in [0.2, 0.25) is 0 Å². The molecule has 2 rings (SSSR count). The lowest BCUT2D eigenvalue weighted by Gasteiger charge is -2.09. The largest absolute Gasteiger partial charge is 0.492 e. The number of fused-ring (bicyclic) bond motifs is 1. The molecule has 86 valence electrons. The average Bonchev–Trinajstić information content (AvgIpc) is 2.55. The van der Waals surface area contributed by atoms with Gasteiger partial charge in [-0.15, -0.1) is 0 Å². The van der Waals surface area contributed by atoms with Crippen LogP contribution in [0, 0.1) is 4.77 Å². The fraction of sp³-hybridized carbons (Fsp3) is 0.417. The number of H-pyrrole nitrogens is 1. The number of aromatic nitrogens is 2. The fourth-order valence-corrected chi connectivity index (χ4v) is 2.32. The van der Waals surface area contributed by atoms with Gasteiger partial charge in [0.05, 0.1) is 12.1 Å². The van der Waals surface area contributed by atoms with Crippen LogP contribution in [0.3, 0.4) is 0 Å². The number of hydrogen-bond acceptors (Lipinski definition) is 2. The minimum Gasteiger partial charge on any atom is -0.492 e. The van der Waals surface area contributed by atoms with Gasteiger partial charge in [0.15, 0.2) is 4.77 Å². The summed E-state index contributed by atoms with van der Waals surface area (Å²) < 4.78 is 8.43. The second kappa shape index (κ2) is 4.29. The Balaban J connectivity index is 2.73. The zero-order chi connectivity index (χ0) is 11.7. The number of para-hydroxylation sites is 1. The van der Waals surface area contributed by atoms with Gasteiger partial charge < -0.3 is 14.3 Å². The third-order valence-corrected chi connectivity index (χ3v) is 2.83. The number of nitrogens with zero attached hydrogens (tertiary/aromatic N) is 1. The summed E-state index contributed by atoms with van der Waals surface area (Å²) in [5, 5.41) is 0. The molecule has 0 atom stereocenters. The molecule has 0 saturated heterocycles.